The summed E-state index contributed by atoms with van der Waals surface area (Å²) >= 11 is 0. The van der Waals surface area contributed by atoms with E-state index in [1.165, 1.54) is 0 Å². The highest BCUT2D eigenvalue weighted by Crippen LogP contribution is 2.21. The van der Waals surface area contributed by atoms with Crippen molar-refractivity contribution in [3.05, 3.63) is 29.8 Å². The number of hydrogen-bond acceptors (Lipinski definition) is 4. The van der Waals surface area contributed by atoms with Gasteiger partial charge in [-0.15, -0.1) is 0 Å². The fourth-order valence-corrected chi connectivity index (χ4v) is 1.95. The van der Waals surface area contributed by atoms with Crippen molar-refractivity contribution >= 4 is 5.91 Å². The largest absolute Gasteiger partial charge is 0.497 e. The molecule has 0 radical (unpaired) electrons. The van der Waals surface area contributed by atoms with E-state index in [0.717, 1.165) is 11.3 Å². The Morgan fingerprint density at radius 3 is 2.62 bits per heavy atom. The summed E-state index contributed by atoms with van der Waals surface area (Å²) < 4.78 is 10.5. The highest BCUT2D eigenvalue weighted by atomic mass is 16.5. The van der Waals surface area contributed by atoms with Gasteiger partial charge in [0.2, 0.25) is 5.91 Å². The maximum Gasteiger partial charge on any atom is 0.246 e. The predicted octanol–water partition coefficient (Wildman–Crippen LogP) is 1.84. The summed E-state index contributed by atoms with van der Waals surface area (Å²) in [6.07, 6.45) is 0.0544. The molecule has 21 heavy (non-hydrogen) atoms. The van der Waals surface area contributed by atoms with Crippen molar-refractivity contribution in [2.45, 2.75) is 26.0 Å². The van der Waals surface area contributed by atoms with Crippen LogP contribution in [0.5, 0.6) is 5.75 Å². The van der Waals surface area contributed by atoms with E-state index in [4.69, 9.17) is 9.47 Å². The highest BCUT2D eigenvalue weighted by molar-refractivity contribution is 5.77. The lowest BCUT2D eigenvalue weighted by Crippen LogP contribution is -2.36. The molecular weight excluding hydrogens is 268 g/mol. The van der Waals surface area contributed by atoms with Gasteiger partial charge in [0.05, 0.1) is 19.3 Å². The zero-order valence-corrected chi connectivity index (χ0v) is 13.6. The summed E-state index contributed by atoms with van der Waals surface area (Å²) in [7, 11) is 5.62. The van der Waals surface area contributed by atoms with Crippen LogP contribution in [0.4, 0.5) is 0 Å². The molecule has 0 aliphatic rings. The van der Waals surface area contributed by atoms with Crippen molar-refractivity contribution in [1.29, 1.82) is 0 Å². The molecule has 1 amide bonds. The quantitative estimate of drug-likeness (QED) is 0.795. The number of benzene rings is 1. The Morgan fingerprint density at radius 2 is 2.05 bits per heavy atom. The van der Waals surface area contributed by atoms with E-state index in [9.17, 15) is 4.79 Å². The second-order valence-corrected chi connectivity index (χ2v) is 5.42. The minimum atomic E-state index is -0.0987. The van der Waals surface area contributed by atoms with Gasteiger partial charge in [-0.3, -0.25) is 4.79 Å². The van der Waals surface area contributed by atoms with Gasteiger partial charge >= 0.3 is 0 Å². The van der Waals surface area contributed by atoms with Gasteiger partial charge < -0.3 is 19.7 Å². The molecule has 1 rings (SSSR count). The molecule has 0 bridgehead atoms. The molecule has 1 unspecified atom stereocenters. The molecule has 1 aromatic rings. The molecule has 118 valence electrons. The van der Waals surface area contributed by atoms with Gasteiger partial charge in [-0.05, 0) is 45.6 Å². The molecule has 0 aliphatic carbocycles. The van der Waals surface area contributed by atoms with Crippen LogP contribution in [-0.2, 0) is 9.53 Å². The average molecular weight is 294 g/mol. The molecule has 0 aromatic heterocycles. The predicted molar refractivity (Wildman–Crippen MR) is 83.5 cm³/mol. The number of nitrogens with one attached hydrogen (secondary N) is 1. The van der Waals surface area contributed by atoms with Crippen LogP contribution in [0.2, 0.25) is 0 Å². The minimum absolute atomic E-state index is 0.0544. The first kappa shape index (κ1) is 17.5. The summed E-state index contributed by atoms with van der Waals surface area (Å²) in [5, 5.41) is 2.91. The second-order valence-electron chi connectivity index (χ2n) is 5.42. The number of nitrogens with zero attached hydrogens (tertiary/aromatic N) is 1. The Morgan fingerprint density at radius 1 is 1.33 bits per heavy atom. The third kappa shape index (κ3) is 6.14. The lowest BCUT2D eigenvalue weighted by molar-refractivity contribution is -0.127. The number of amides is 1. The van der Waals surface area contributed by atoms with E-state index < -0.39 is 0 Å². The molecule has 1 atom stereocenters. The van der Waals surface area contributed by atoms with Crippen molar-refractivity contribution in [2.75, 3.05) is 34.4 Å². The number of rotatable bonds is 8. The van der Waals surface area contributed by atoms with E-state index in [-0.39, 0.29) is 24.7 Å². The van der Waals surface area contributed by atoms with Gasteiger partial charge in [-0.1, -0.05) is 12.1 Å². The maximum absolute atomic E-state index is 11.7. The first-order valence-corrected chi connectivity index (χ1v) is 7.12. The van der Waals surface area contributed by atoms with Gasteiger partial charge in [0.1, 0.15) is 12.4 Å². The topological polar surface area (TPSA) is 50.8 Å². The van der Waals surface area contributed by atoms with Crippen LogP contribution in [0.1, 0.15) is 25.5 Å². The number of hydrogen-bond donors (Lipinski definition) is 1. The number of carbonyl (C=O) groups is 1. The van der Waals surface area contributed by atoms with Crippen LogP contribution in [0.15, 0.2) is 24.3 Å². The smallest absolute Gasteiger partial charge is 0.246 e. The molecule has 5 heteroatoms. The highest BCUT2D eigenvalue weighted by Gasteiger charge is 2.16. The third-order valence-corrected chi connectivity index (χ3v) is 3.14. The fraction of sp³-hybridized carbons (Fsp3) is 0.562. The van der Waals surface area contributed by atoms with Crippen molar-refractivity contribution < 1.29 is 14.3 Å². The van der Waals surface area contributed by atoms with Crippen LogP contribution in [0, 0.1) is 0 Å². The molecule has 0 fully saturated rings. The summed E-state index contributed by atoms with van der Waals surface area (Å²) in [4.78, 5) is 13.8. The maximum atomic E-state index is 11.7. The van der Waals surface area contributed by atoms with E-state index in [1.54, 1.807) is 7.11 Å². The van der Waals surface area contributed by atoms with Crippen molar-refractivity contribution in [3.8, 4) is 5.75 Å². The van der Waals surface area contributed by atoms with E-state index in [0.29, 0.717) is 6.54 Å². The van der Waals surface area contributed by atoms with E-state index in [2.05, 4.69) is 10.2 Å². The molecule has 1 aromatic carbocycles. The zero-order chi connectivity index (χ0) is 15.8. The average Bonchev–Trinajstić information content (AvgIpc) is 2.45. The third-order valence-electron chi connectivity index (χ3n) is 3.14. The Bertz CT molecular complexity index is 447. The molecule has 0 spiro atoms. The molecule has 0 saturated heterocycles. The number of likely N-dealkylation sites (N-methyl/N-ethyl adjacent to an activating group) is 1. The lowest BCUT2D eigenvalue weighted by Gasteiger charge is -2.25. The SMILES string of the molecule is COc1cccc(C(CNC(=O)COC(C)C)N(C)C)c1. The molecule has 0 aliphatic heterocycles. The summed E-state index contributed by atoms with van der Waals surface area (Å²) in [5.41, 5.74) is 1.10. The van der Waals surface area contributed by atoms with Crippen molar-refractivity contribution in [1.82, 2.24) is 10.2 Å². The van der Waals surface area contributed by atoms with E-state index in [1.807, 2.05) is 52.2 Å². The normalized spacial score (nSPS) is 12.5. The number of ether oxygens (including phenoxy) is 2. The lowest BCUT2D eigenvalue weighted by atomic mass is 10.1. The van der Waals surface area contributed by atoms with Crippen LogP contribution < -0.4 is 10.1 Å². The zero-order valence-electron chi connectivity index (χ0n) is 13.6. The molecule has 0 heterocycles. The standard InChI is InChI=1S/C16H26N2O3/c1-12(2)21-11-16(19)17-10-15(18(3)4)13-7-6-8-14(9-13)20-5/h6-9,12,15H,10-11H2,1-5H3,(H,17,19). The van der Waals surface area contributed by atoms with Gasteiger partial charge in [0, 0.05) is 6.54 Å². The van der Waals surface area contributed by atoms with E-state index >= 15 is 0 Å². The van der Waals surface area contributed by atoms with Crippen molar-refractivity contribution in [2.24, 2.45) is 0 Å². The van der Waals surface area contributed by atoms with Gasteiger partial charge in [-0.2, -0.15) is 0 Å². The Labute approximate surface area is 127 Å². The molecule has 5 nitrogen and oxygen atoms in total. The molecular formula is C16H26N2O3. The molecule has 1 N–H and O–H groups in total. The second kappa shape index (κ2) is 8.64. The minimum Gasteiger partial charge on any atom is -0.497 e. The summed E-state index contributed by atoms with van der Waals surface area (Å²) in [6, 6.07) is 7.97. The monoisotopic (exact) mass is 294 g/mol. The summed E-state index contributed by atoms with van der Waals surface area (Å²) in [6.45, 7) is 4.44. The first-order valence-electron chi connectivity index (χ1n) is 7.12. The van der Waals surface area contributed by atoms with Crippen molar-refractivity contribution in [3.63, 3.8) is 0 Å². The first-order chi connectivity index (χ1) is 9.93. The van der Waals surface area contributed by atoms with Crippen LogP contribution >= 0.6 is 0 Å². The summed E-state index contributed by atoms with van der Waals surface area (Å²) in [5.74, 6) is 0.715. The number of methoxy groups -OCH3 is 1. The van der Waals surface area contributed by atoms with Gasteiger partial charge in [-0.25, -0.2) is 0 Å². The van der Waals surface area contributed by atoms with Crippen LogP contribution in [-0.4, -0.2) is 51.3 Å². The van der Waals surface area contributed by atoms with Gasteiger partial charge in [0.15, 0.2) is 0 Å². The Kier molecular flexibility index (Phi) is 7.19. The Balaban J connectivity index is 2.63. The molecule has 0 saturated carbocycles. The van der Waals surface area contributed by atoms with Crippen LogP contribution in [0.3, 0.4) is 0 Å². The number of carbonyl (C=O) groups excluding carboxylic acids is 1. The van der Waals surface area contributed by atoms with Gasteiger partial charge in [0.25, 0.3) is 0 Å². The van der Waals surface area contributed by atoms with Crippen LogP contribution in [0.25, 0.3) is 0 Å². The Hall–Kier alpha value is -1.59. The fourth-order valence-electron chi connectivity index (χ4n) is 1.95.